The standard InChI is InChI=1S/C21H18F2N2O5/c1-29-13-3-4-14-12(9-20(27)30-18(14)10-13)8-17(21(24)28)25-19(26)7-11-2-5-15(22)16(23)6-11/h2-6,9-10,17H,7-8H2,1H3,(H2,24,28)(H,25,26)/t17-/m0/s1. The highest BCUT2D eigenvalue weighted by atomic mass is 19.2. The van der Waals surface area contributed by atoms with E-state index < -0.39 is 35.1 Å². The molecule has 0 aliphatic carbocycles. The van der Waals surface area contributed by atoms with Crippen molar-refractivity contribution in [1.82, 2.24) is 5.32 Å². The summed E-state index contributed by atoms with van der Waals surface area (Å²) in [4.78, 5) is 36.1. The van der Waals surface area contributed by atoms with Crippen molar-refractivity contribution >= 4 is 22.8 Å². The summed E-state index contributed by atoms with van der Waals surface area (Å²) in [6.07, 6.45) is -0.344. The molecule has 9 heteroatoms. The zero-order valence-corrected chi connectivity index (χ0v) is 15.9. The van der Waals surface area contributed by atoms with Gasteiger partial charge in [-0.05, 0) is 35.4 Å². The quantitative estimate of drug-likeness (QED) is 0.571. The summed E-state index contributed by atoms with van der Waals surface area (Å²) in [5, 5.41) is 3.02. The molecule has 3 N–H and O–H groups in total. The molecule has 0 aliphatic heterocycles. The molecule has 156 valence electrons. The van der Waals surface area contributed by atoms with Crippen molar-refractivity contribution in [3.05, 3.63) is 75.6 Å². The molecule has 2 amide bonds. The summed E-state index contributed by atoms with van der Waals surface area (Å²) < 4.78 is 36.6. The zero-order chi connectivity index (χ0) is 21.8. The monoisotopic (exact) mass is 416 g/mol. The Balaban J connectivity index is 1.82. The summed E-state index contributed by atoms with van der Waals surface area (Å²) in [7, 11) is 1.47. The number of benzene rings is 2. The number of halogens is 2. The first-order valence-corrected chi connectivity index (χ1v) is 8.90. The highest BCUT2D eigenvalue weighted by Crippen LogP contribution is 2.23. The largest absolute Gasteiger partial charge is 0.497 e. The van der Waals surface area contributed by atoms with E-state index in [2.05, 4.69) is 5.32 Å². The van der Waals surface area contributed by atoms with Crippen LogP contribution in [0.25, 0.3) is 11.0 Å². The SMILES string of the molecule is COc1ccc2c(C[C@H](NC(=O)Cc3ccc(F)c(F)c3)C(N)=O)cc(=O)oc2c1. The zero-order valence-electron chi connectivity index (χ0n) is 15.9. The summed E-state index contributed by atoms with van der Waals surface area (Å²) >= 11 is 0. The van der Waals surface area contributed by atoms with Gasteiger partial charge >= 0.3 is 5.63 Å². The van der Waals surface area contributed by atoms with Crippen LogP contribution in [-0.4, -0.2) is 25.0 Å². The van der Waals surface area contributed by atoms with Crippen molar-refractivity contribution < 1.29 is 27.5 Å². The summed E-state index contributed by atoms with van der Waals surface area (Å²) in [6.45, 7) is 0. The van der Waals surface area contributed by atoms with Gasteiger partial charge in [-0.25, -0.2) is 13.6 Å². The molecular formula is C21H18F2N2O5. The molecule has 3 aromatic rings. The topological polar surface area (TPSA) is 112 Å². The molecule has 0 bridgehead atoms. The molecule has 0 unspecified atom stereocenters. The molecular weight excluding hydrogens is 398 g/mol. The van der Waals surface area contributed by atoms with E-state index in [4.69, 9.17) is 14.9 Å². The van der Waals surface area contributed by atoms with Crippen LogP contribution in [0.5, 0.6) is 5.75 Å². The van der Waals surface area contributed by atoms with E-state index in [9.17, 15) is 23.2 Å². The summed E-state index contributed by atoms with van der Waals surface area (Å²) in [5.74, 6) is -3.05. The lowest BCUT2D eigenvalue weighted by molar-refractivity contribution is -0.126. The second-order valence-electron chi connectivity index (χ2n) is 6.60. The lowest BCUT2D eigenvalue weighted by Crippen LogP contribution is -2.46. The van der Waals surface area contributed by atoms with Gasteiger partial charge in [-0.15, -0.1) is 0 Å². The molecule has 0 fully saturated rings. The van der Waals surface area contributed by atoms with E-state index in [0.29, 0.717) is 16.7 Å². The van der Waals surface area contributed by atoms with Crippen LogP contribution in [0.1, 0.15) is 11.1 Å². The van der Waals surface area contributed by atoms with E-state index in [-0.39, 0.29) is 24.0 Å². The molecule has 3 rings (SSSR count). The van der Waals surface area contributed by atoms with Crippen molar-refractivity contribution in [1.29, 1.82) is 0 Å². The van der Waals surface area contributed by atoms with Crippen molar-refractivity contribution in [2.75, 3.05) is 7.11 Å². The molecule has 30 heavy (non-hydrogen) atoms. The molecule has 2 aromatic carbocycles. The number of rotatable bonds is 7. The number of ether oxygens (including phenoxy) is 1. The van der Waals surface area contributed by atoms with E-state index in [0.717, 1.165) is 12.1 Å². The third kappa shape index (κ3) is 4.80. The molecule has 1 atom stereocenters. The van der Waals surface area contributed by atoms with E-state index in [1.165, 1.54) is 25.3 Å². The highest BCUT2D eigenvalue weighted by Gasteiger charge is 2.21. The van der Waals surface area contributed by atoms with Gasteiger partial charge in [0.1, 0.15) is 17.4 Å². The second kappa shape index (κ2) is 8.73. The Labute approximate surface area is 169 Å². The van der Waals surface area contributed by atoms with Crippen LogP contribution in [-0.2, 0) is 22.4 Å². The predicted molar refractivity (Wildman–Crippen MR) is 104 cm³/mol. The van der Waals surface area contributed by atoms with Crippen molar-refractivity contribution in [3.8, 4) is 5.75 Å². The number of amides is 2. The Hall–Kier alpha value is -3.75. The number of hydrogen-bond donors (Lipinski definition) is 2. The van der Waals surface area contributed by atoms with Crippen LogP contribution in [0, 0.1) is 11.6 Å². The van der Waals surface area contributed by atoms with Crippen LogP contribution in [0.15, 0.2) is 51.7 Å². The fourth-order valence-corrected chi connectivity index (χ4v) is 3.03. The number of methoxy groups -OCH3 is 1. The van der Waals surface area contributed by atoms with Crippen molar-refractivity contribution in [2.24, 2.45) is 5.73 Å². The van der Waals surface area contributed by atoms with Crippen LogP contribution in [0.3, 0.4) is 0 Å². The molecule has 0 saturated heterocycles. The molecule has 7 nitrogen and oxygen atoms in total. The van der Waals surface area contributed by atoms with Crippen LogP contribution < -0.4 is 21.4 Å². The average molecular weight is 416 g/mol. The minimum absolute atomic E-state index is 0.0622. The van der Waals surface area contributed by atoms with E-state index in [1.807, 2.05) is 0 Å². The first-order chi connectivity index (χ1) is 14.3. The lowest BCUT2D eigenvalue weighted by Gasteiger charge is -2.16. The Morgan fingerprint density at radius 3 is 2.57 bits per heavy atom. The number of primary amides is 1. The van der Waals surface area contributed by atoms with Gasteiger partial charge in [0.15, 0.2) is 11.6 Å². The third-order valence-electron chi connectivity index (χ3n) is 4.49. The van der Waals surface area contributed by atoms with Crippen LogP contribution in [0.4, 0.5) is 8.78 Å². The van der Waals surface area contributed by atoms with Crippen LogP contribution >= 0.6 is 0 Å². The van der Waals surface area contributed by atoms with Crippen molar-refractivity contribution in [3.63, 3.8) is 0 Å². The van der Waals surface area contributed by atoms with Gasteiger partial charge in [0.05, 0.1) is 13.5 Å². The van der Waals surface area contributed by atoms with Gasteiger partial charge in [-0.1, -0.05) is 6.07 Å². The Kier molecular flexibility index (Phi) is 6.10. The molecule has 0 aliphatic rings. The van der Waals surface area contributed by atoms with Gasteiger partial charge in [-0.3, -0.25) is 9.59 Å². The normalized spacial score (nSPS) is 11.8. The molecule has 0 saturated carbocycles. The Morgan fingerprint density at radius 1 is 1.13 bits per heavy atom. The number of hydrogen-bond acceptors (Lipinski definition) is 5. The fourth-order valence-electron chi connectivity index (χ4n) is 3.03. The highest BCUT2D eigenvalue weighted by molar-refractivity contribution is 5.89. The van der Waals surface area contributed by atoms with Gasteiger partial charge in [0.25, 0.3) is 0 Å². The summed E-state index contributed by atoms with van der Waals surface area (Å²) in [5.41, 5.74) is 5.71. The average Bonchev–Trinajstić information content (AvgIpc) is 2.69. The van der Waals surface area contributed by atoms with E-state index in [1.54, 1.807) is 12.1 Å². The van der Waals surface area contributed by atoms with Gasteiger partial charge in [-0.2, -0.15) is 0 Å². The van der Waals surface area contributed by atoms with Gasteiger partial charge in [0.2, 0.25) is 11.8 Å². The Morgan fingerprint density at radius 2 is 1.90 bits per heavy atom. The predicted octanol–water partition coefficient (Wildman–Crippen LogP) is 1.84. The molecule has 1 heterocycles. The lowest BCUT2D eigenvalue weighted by atomic mass is 10.0. The van der Waals surface area contributed by atoms with Gasteiger partial charge in [0, 0.05) is 23.9 Å². The Bertz CT molecular complexity index is 1180. The number of carbonyl (C=O) groups is 2. The number of carbonyl (C=O) groups excluding carboxylic acids is 2. The van der Waals surface area contributed by atoms with E-state index >= 15 is 0 Å². The fraction of sp³-hybridized carbons (Fsp3) is 0.190. The first kappa shape index (κ1) is 21.0. The maximum Gasteiger partial charge on any atom is 0.336 e. The molecule has 1 aromatic heterocycles. The molecule has 0 spiro atoms. The third-order valence-corrected chi connectivity index (χ3v) is 4.49. The maximum atomic E-state index is 13.3. The second-order valence-corrected chi connectivity index (χ2v) is 6.60. The van der Waals surface area contributed by atoms with Crippen molar-refractivity contribution in [2.45, 2.75) is 18.9 Å². The first-order valence-electron chi connectivity index (χ1n) is 8.90. The number of nitrogens with one attached hydrogen (secondary N) is 1. The summed E-state index contributed by atoms with van der Waals surface area (Å²) in [6, 6.07) is 8.01. The smallest absolute Gasteiger partial charge is 0.336 e. The van der Waals surface area contributed by atoms with Gasteiger partial charge < -0.3 is 20.2 Å². The minimum atomic E-state index is -1.13. The number of fused-ring (bicyclic) bond motifs is 1. The number of nitrogens with two attached hydrogens (primary N) is 1. The van der Waals surface area contributed by atoms with Crippen LogP contribution in [0.2, 0.25) is 0 Å². The molecule has 0 radical (unpaired) electrons. The maximum absolute atomic E-state index is 13.3. The minimum Gasteiger partial charge on any atom is -0.497 e.